The third-order valence-electron chi connectivity index (χ3n) is 3.56. The molecule has 82 valence electrons. The second kappa shape index (κ2) is 4.45. The van der Waals surface area contributed by atoms with Crippen molar-refractivity contribution >= 4 is 17.6 Å². The number of hydrogen-bond acceptors (Lipinski definition) is 2. The molecule has 0 saturated heterocycles. The van der Waals surface area contributed by atoms with Gasteiger partial charge in [0.2, 0.25) is 0 Å². The van der Waals surface area contributed by atoms with Gasteiger partial charge in [-0.25, -0.2) is 0 Å². The van der Waals surface area contributed by atoms with Gasteiger partial charge in [0.05, 0.1) is 0 Å². The van der Waals surface area contributed by atoms with Crippen LogP contribution in [0.5, 0.6) is 0 Å². The van der Waals surface area contributed by atoms with E-state index in [2.05, 4.69) is 11.8 Å². The Balaban J connectivity index is 2.00. The maximum Gasteiger partial charge on any atom is 0.321 e. The van der Waals surface area contributed by atoms with Crippen molar-refractivity contribution in [2.24, 2.45) is 17.8 Å². The predicted molar refractivity (Wildman–Crippen MR) is 58.4 cm³/mol. The van der Waals surface area contributed by atoms with Gasteiger partial charge < -0.3 is 4.74 Å². The lowest BCUT2D eigenvalue weighted by Gasteiger charge is -2.21. The third kappa shape index (κ3) is 1.99. The van der Waals surface area contributed by atoms with Crippen molar-refractivity contribution in [1.82, 2.24) is 0 Å². The molecule has 2 fully saturated rings. The molecular formula is C12H15ClO2. The van der Waals surface area contributed by atoms with Crippen LogP contribution >= 0.6 is 11.6 Å². The summed E-state index contributed by atoms with van der Waals surface area (Å²) >= 11 is 5.43. The maximum absolute atomic E-state index is 11.1. The number of fused-ring (bicyclic) bond motifs is 2. The van der Waals surface area contributed by atoms with Crippen molar-refractivity contribution in [1.29, 1.82) is 0 Å². The number of carbonyl (C=O) groups is 1. The summed E-state index contributed by atoms with van der Waals surface area (Å²) < 4.78 is 5.33. The SMILES string of the molecule is CC#CC1[C@H]2CC[C@H]1[C@H](OC(=O)CCl)C2. The lowest BCUT2D eigenvalue weighted by molar-refractivity contribution is -0.148. The minimum absolute atomic E-state index is 0.0436. The Bertz CT molecular complexity index is 315. The molecule has 0 spiro atoms. The summed E-state index contributed by atoms with van der Waals surface area (Å²) in [6, 6.07) is 0. The number of rotatable bonds is 2. The van der Waals surface area contributed by atoms with Gasteiger partial charge in [0, 0.05) is 11.8 Å². The molecule has 0 aliphatic heterocycles. The quantitative estimate of drug-likeness (QED) is 0.410. The average molecular weight is 227 g/mol. The van der Waals surface area contributed by atoms with Crippen LogP contribution < -0.4 is 0 Å². The van der Waals surface area contributed by atoms with E-state index in [9.17, 15) is 4.79 Å². The molecular weight excluding hydrogens is 212 g/mol. The first-order valence-electron chi connectivity index (χ1n) is 5.44. The zero-order valence-corrected chi connectivity index (χ0v) is 9.59. The van der Waals surface area contributed by atoms with Gasteiger partial charge in [-0.1, -0.05) is 5.92 Å². The van der Waals surface area contributed by atoms with E-state index in [4.69, 9.17) is 16.3 Å². The minimum atomic E-state index is -0.294. The zero-order valence-electron chi connectivity index (χ0n) is 8.83. The van der Waals surface area contributed by atoms with E-state index in [-0.39, 0.29) is 18.0 Å². The molecule has 2 saturated carbocycles. The molecule has 0 N–H and O–H groups in total. The van der Waals surface area contributed by atoms with E-state index in [1.807, 2.05) is 6.92 Å². The van der Waals surface area contributed by atoms with E-state index in [1.165, 1.54) is 6.42 Å². The molecule has 2 bridgehead atoms. The Kier molecular flexibility index (Phi) is 3.21. The number of carbonyl (C=O) groups excluding carboxylic acids is 1. The summed E-state index contributed by atoms with van der Waals surface area (Å²) in [4.78, 5) is 11.1. The summed E-state index contributed by atoms with van der Waals surface area (Å²) in [5.41, 5.74) is 0. The lowest BCUT2D eigenvalue weighted by Crippen LogP contribution is -2.25. The smallest absolute Gasteiger partial charge is 0.321 e. The Morgan fingerprint density at radius 1 is 1.53 bits per heavy atom. The van der Waals surface area contributed by atoms with Crippen LogP contribution in [0.1, 0.15) is 26.2 Å². The summed E-state index contributed by atoms with van der Waals surface area (Å²) in [6.07, 6.45) is 3.43. The highest BCUT2D eigenvalue weighted by atomic mass is 35.5. The van der Waals surface area contributed by atoms with E-state index in [0.29, 0.717) is 17.8 Å². The van der Waals surface area contributed by atoms with Gasteiger partial charge in [-0.05, 0) is 32.1 Å². The first kappa shape index (κ1) is 10.8. The van der Waals surface area contributed by atoms with Gasteiger partial charge in [0.1, 0.15) is 12.0 Å². The topological polar surface area (TPSA) is 26.3 Å². The second-order valence-corrected chi connectivity index (χ2v) is 4.59. The van der Waals surface area contributed by atoms with Gasteiger partial charge in [-0.3, -0.25) is 4.79 Å². The molecule has 2 aliphatic carbocycles. The molecule has 2 rings (SSSR count). The summed E-state index contributed by atoms with van der Waals surface area (Å²) in [5.74, 6) is 7.43. The molecule has 0 aromatic carbocycles. The fourth-order valence-corrected chi connectivity index (χ4v) is 3.06. The van der Waals surface area contributed by atoms with Crippen LogP contribution in [-0.4, -0.2) is 18.0 Å². The van der Waals surface area contributed by atoms with Crippen molar-refractivity contribution in [2.75, 3.05) is 5.88 Å². The van der Waals surface area contributed by atoms with Crippen molar-refractivity contribution in [3.63, 3.8) is 0 Å². The predicted octanol–water partition coefficient (Wildman–Crippen LogP) is 2.21. The molecule has 0 aromatic rings. The van der Waals surface area contributed by atoms with Gasteiger partial charge in [0.15, 0.2) is 0 Å². The molecule has 2 aliphatic rings. The Hall–Kier alpha value is -0.680. The minimum Gasteiger partial charge on any atom is -0.461 e. The van der Waals surface area contributed by atoms with Crippen LogP contribution in [-0.2, 0) is 9.53 Å². The average Bonchev–Trinajstić information content (AvgIpc) is 2.76. The van der Waals surface area contributed by atoms with Crippen LogP contribution in [0.3, 0.4) is 0 Å². The van der Waals surface area contributed by atoms with Crippen LogP contribution in [0.4, 0.5) is 0 Å². The second-order valence-electron chi connectivity index (χ2n) is 4.32. The molecule has 0 aromatic heterocycles. The van der Waals surface area contributed by atoms with Crippen LogP contribution in [0.15, 0.2) is 0 Å². The van der Waals surface area contributed by atoms with Gasteiger partial charge >= 0.3 is 5.97 Å². The number of esters is 1. The van der Waals surface area contributed by atoms with Crippen molar-refractivity contribution in [3.8, 4) is 11.8 Å². The first-order chi connectivity index (χ1) is 7.26. The monoisotopic (exact) mass is 226 g/mol. The molecule has 1 unspecified atom stereocenters. The molecule has 2 nitrogen and oxygen atoms in total. The number of hydrogen-bond donors (Lipinski definition) is 0. The Morgan fingerprint density at radius 2 is 2.33 bits per heavy atom. The molecule has 0 heterocycles. The van der Waals surface area contributed by atoms with Crippen molar-refractivity contribution in [2.45, 2.75) is 32.3 Å². The van der Waals surface area contributed by atoms with E-state index in [0.717, 1.165) is 12.8 Å². The normalized spacial score (nSPS) is 37.2. The van der Waals surface area contributed by atoms with Crippen molar-refractivity contribution in [3.05, 3.63) is 0 Å². The van der Waals surface area contributed by atoms with Gasteiger partial charge in [0.25, 0.3) is 0 Å². The Labute approximate surface area is 95.3 Å². The standard InChI is InChI=1S/C12H15ClO2/c1-2-3-9-8-4-5-10(9)11(6-8)15-12(14)7-13/h8-11H,4-7H2,1H3/t8-,9?,10+,11+/m0/s1. The molecule has 15 heavy (non-hydrogen) atoms. The van der Waals surface area contributed by atoms with Crippen LogP contribution in [0.2, 0.25) is 0 Å². The van der Waals surface area contributed by atoms with Crippen molar-refractivity contribution < 1.29 is 9.53 Å². The summed E-state index contributed by atoms with van der Waals surface area (Å²) in [5, 5.41) is 0. The van der Waals surface area contributed by atoms with Gasteiger partial charge in [-0.15, -0.1) is 17.5 Å². The van der Waals surface area contributed by atoms with Crippen LogP contribution in [0.25, 0.3) is 0 Å². The number of alkyl halides is 1. The molecule has 0 amide bonds. The molecule has 4 atom stereocenters. The van der Waals surface area contributed by atoms with E-state index < -0.39 is 0 Å². The van der Waals surface area contributed by atoms with Gasteiger partial charge in [-0.2, -0.15) is 0 Å². The number of halogens is 1. The fourth-order valence-electron chi connectivity index (χ4n) is 3.00. The highest BCUT2D eigenvalue weighted by Gasteiger charge is 2.48. The summed E-state index contributed by atoms with van der Waals surface area (Å²) in [7, 11) is 0. The number of ether oxygens (including phenoxy) is 1. The Morgan fingerprint density at radius 3 is 3.00 bits per heavy atom. The van der Waals surface area contributed by atoms with Crippen LogP contribution in [0, 0.1) is 29.6 Å². The summed E-state index contributed by atoms with van der Waals surface area (Å²) in [6.45, 7) is 1.87. The zero-order chi connectivity index (χ0) is 10.8. The van der Waals surface area contributed by atoms with E-state index in [1.54, 1.807) is 0 Å². The fraction of sp³-hybridized carbons (Fsp3) is 0.750. The highest BCUT2D eigenvalue weighted by Crippen LogP contribution is 2.50. The maximum atomic E-state index is 11.1. The first-order valence-corrected chi connectivity index (χ1v) is 5.97. The highest BCUT2D eigenvalue weighted by molar-refractivity contribution is 6.26. The lowest BCUT2D eigenvalue weighted by atomic mass is 9.97. The molecule has 0 radical (unpaired) electrons. The van der Waals surface area contributed by atoms with E-state index >= 15 is 0 Å². The largest absolute Gasteiger partial charge is 0.461 e. The third-order valence-corrected chi connectivity index (χ3v) is 3.77. The molecule has 3 heteroatoms.